The summed E-state index contributed by atoms with van der Waals surface area (Å²) in [7, 11) is -3.81. The standard InChI is InChI=1S/C19H19N3O4S/c1-12(19(23)24)18(14-7-9-15(10-8-14)27(20,25)26)17-11-16(21-22-17)13-5-3-2-4-6-13/h2-12,18H,1H3,(H,21,22)(H,23,24)(H2,20,25,26). The Morgan fingerprint density at radius 1 is 1.11 bits per heavy atom. The van der Waals surface area contributed by atoms with Gasteiger partial charge in [-0.25, -0.2) is 13.6 Å². The third-order valence-corrected chi connectivity index (χ3v) is 5.39. The number of carbonyl (C=O) groups is 1. The van der Waals surface area contributed by atoms with E-state index in [0.717, 1.165) is 5.56 Å². The lowest BCUT2D eigenvalue weighted by Crippen LogP contribution is -2.20. The molecule has 7 nitrogen and oxygen atoms in total. The monoisotopic (exact) mass is 385 g/mol. The van der Waals surface area contributed by atoms with Gasteiger partial charge in [0.15, 0.2) is 0 Å². The van der Waals surface area contributed by atoms with E-state index in [9.17, 15) is 18.3 Å². The Balaban J connectivity index is 2.02. The molecule has 2 aromatic carbocycles. The minimum absolute atomic E-state index is 0.0254. The number of benzene rings is 2. The summed E-state index contributed by atoms with van der Waals surface area (Å²) in [5.41, 5.74) is 2.90. The highest BCUT2D eigenvalue weighted by Gasteiger charge is 2.29. The Bertz CT molecular complexity index is 1040. The van der Waals surface area contributed by atoms with E-state index in [1.54, 1.807) is 19.1 Å². The van der Waals surface area contributed by atoms with Crippen molar-refractivity contribution in [2.75, 3.05) is 0 Å². The summed E-state index contributed by atoms with van der Waals surface area (Å²) < 4.78 is 22.9. The van der Waals surface area contributed by atoms with Crippen LogP contribution < -0.4 is 5.14 Å². The van der Waals surface area contributed by atoms with E-state index in [-0.39, 0.29) is 4.90 Å². The number of rotatable bonds is 6. The van der Waals surface area contributed by atoms with Crippen molar-refractivity contribution in [1.82, 2.24) is 10.2 Å². The Morgan fingerprint density at radius 3 is 2.30 bits per heavy atom. The van der Waals surface area contributed by atoms with Gasteiger partial charge in [0.25, 0.3) is 0 Å². The zero-order chi connectivity index (χ0) is 19.6. The fourth-order valence-corrected chi connectivity index (χ4v) is 3.51. The lowest BCUT2D eigenvalue weighted by molar-refractivity contribution is -0.141. The number of hydrogen-bond donors (Lipinski definition) is 3. The highest BCUT2D eigenvalue weighted by atomic mass is 32.2. The highest BCUT2D eigenvalue weighted by Crippen LogP contribution is 2.33. The molecule has 0 aliphatic heterocycles. The number of nitrogens with one attached hydrogen (secondary N) is 1. The fraction of sp³-hybridized carbons (Fsp3) is 0.158. The van der Waals surface area contributed by atoms with Crippen LogP contribution in [0.5, 0.6) is 0 Å². The molecule has 140 valence electrons. The number of H-pyrrole nitrogens is 1. The predicted molar refractivity (Wildman–Crippen MR) is 100 cm³/mol. The van der Waals surface area contributed by atoms with Crippen LogP contribution in [0, 0.1) is 5.92 Å². The molecular weight excluding hydrogens is 366 g/mol. The second kappa shape index (κ2) is 7.34. The Kier molecular flexibility index (Phi) is 5.11. The van der Waals surface area contributed by atoms with Gasteiger partial charge in [0.1, 0.15) is 0 Å². The quantitative estimate of drug-likeness (QED) is 0.601. The molecular formula is C19H19N3O4S. The number of aromatic amines is 1. The van der Waals surface area contributed by atoms with Crippen molar-refractivity contribution in [1.29, 1.82) is 0 Å². The Hall–Kier alpha value is -2.97. The summed E-state index contributed by atoms with van der Waals surface area (Å²) in [5.74, 6) is -2.25. The first-order chi connectivity index (χ1) is 12.8. The number of carboxylic acid groups (broad SMARTS) is 1. The van der Waals surface area contributed by atoms with Gasteiger partial charge in [0.05, 0.1) is 16.5 Å². The molecule has 1 aromatic heterocycles. The first-order valence-electron chi connectivity index (χ1n) is 8.23. The van der Waals surface area contributed by atoms with Crippen LogP contribution in [0.15, 0.2) is 65.6 Å². The average molecular weight is 385 g/mol. The zero-order valence-corrected chi connectivity index (χ0v) is 15.3. The smallest absolute Gasteiger partial charge is 0.307 e. The number of hydrogen-bond acceptors (Lipinski definition) is 4. The van der Waals surface area contributed by atoms with Crippen LogP contribution >= 0.6 is 0 Å². The third-order valence-electron chi connectivity index (χ3n) is 4.46. The second-order valence-electron chi connectivity index (χ2n) is 6.29. The number of aromatic nitrogens is 2. The molecule has 4 N–H and O–H groups in total. The number of nitrogens with zero attached hydrogens (tertiary/aromatic N) is 1. The molecule has 0 saturated heterocycles. The van der Waals surface area contributed by atoms with Gasteiger partial charge in [-0.3, -0.25) is 9.89 Å². The van der Waals surface area contributed by atoms with E-state index in [1.165, 1.54) is 12.1 Å². The Labute approximate surface area is 156 Å². The van der Waals surface area contributed by atoms with Gasteiger partial charge >= 0.3 is 5.97 Å². The first kappa shape index (κ1) is 18.8. The van der Waals surface area contributed by atoms with Gasteiger partial charge in [-0.05, 0) is 23.8 Å². The minimum Gasteiger partial charge on any atom is -0.481 e. The number of nitrogens with two attached hydrogens (primary N) is 1. The summed E-state index contributed by atoms with van der Waals surface area (Å²) in [6, 6.07) is 17.2. The van der Waals surface area contributed by atoms with Crippen LogP contribution in [0.2, 0.25) is 0 Å². The molecule has 3 aromatic rings. The minimum atomic E-state index is -3.81. The molecule has 0 amide bonds. The van der Waals surface area contributed by atoms with E-state index in [1.807, 2.05) is 36.4 Å². The van der Waals surface area contributed by atoms with Crippen molar-refractivity contribution in [3.8, 4) is 11.3 Å². The molecule has 0 bridgehead atoms. The first-order valence-corrected chi connectivity index (χ1v) is 9.78. The lowest BCUT2D eigenvalue weighted by Gasteiger charge is -2.20. The van der Waals surface area contributed by atoms with Gasteiger partial charge in [-0.15, -0.1) is 0 Å². The molecule has 0 fully saturated rings. The van der Waals surface area contributed by atoms with Gasteiger partial charge < -0.3 is 5.11 Å². The summed E-state index contributed by atoms with van der Waals surface area (Å²) in [6.07, 6.45) is 0. The lowest BCUT2D eigenvalue weighted by atomic mass is 9.84. The molecule has 2 atom stereocenters. The molecule has 0 spiro atoms. The van der Waals surface area contributed by atoms with Crippen LogP contribution in [0.25, 0.3) is 11.3 Å². The topological polar surface area (TPSA) is 126 Å². The van der Waals surface area contributed by atoms with Crippen molar-refractivity contribution >= 4 is 16.0 Å². The van der Waals surface area contributed by atoms with Gasteiger partial charge in [0.2, 0.25) is 10.0 Å². The van der Waals surface area contributed by atoms with Crippen LogP contribution in [0.3, 0.4) is 0 Å². The van der Waals surface area contributed by atoms with E-state index in [0.29, 0.717) is 17.0 Å². The summed E-state index contributed by atoms with van der Waals surface area (Å²) in [5, 5.41) is 21.9. The van der Waals surface area contributed by atoms with Crippen LogP contribution in [0.4, 0.5) is 0 Å². The van der Waals surface area contributed by atoms with Crippen molar-refractivity contribution in [2.24, 2.45) is 11.1 Å². The Morgan fingerprint density at radius 2 is 1.74 bits per heavy atom. The largest absolute Gasteiger partial charge is 0.481 e. The van der Waals surface area contributed by atoms with E-state index >= 15 is 0 Å². The van der Waals surface area contributed by atoms with Crippen molar-refractivity contribution in [3.05, 3.63) is 71.9 Å². The second-order valence-corrected chi connectivity index (χ2v) is 7.85. The fourth-order valence-electron chi connectivity index (χ4n) is 3.00. The summed E-state index contributed by atoms with van der Waals surface area (Å²) >= 11 is 0. The van der Waals surface area contributed by atoms with Crippen molar-refractivity contribution < 1.29 is 18.3 Å². The van der Waals surface area contributed by atoms with Gasteiger partial charge in [0, 0.05) is 17.2 Å². The highest BCUT2D eigenvalue weighted by molar-refractivity contribution is 7.89. The summed E-state index contributed by atoms with van der Waals surface area (Å²) in [6.45, 7) is 1.60. The maximum Gasteiger partial charge on any atom is 0.307 e. The molecule has 0 aliphatic carbocycles. The van der Waals surface area contributed by atoms with Crippen molar-refractivity contribution in [3.63, 3.8) is 0 Å². The molecule has 0 radical (unpaired) electrons. The SMILES string of the molecule is CC(C(=O)O)C(c1ccc(S(N)(=O)=O)cc1)c1cc(-c2ccccc2)n[nH]1. The third kappa shape index (κ3) is 4.07. The van der Waals surface area contributed by atoms with E-state index < -0.39 is 27.8 Å². The molecule has 8 heteroatoms. The molecule has 3 rings (SSSR count). The molecule has 1 heterocycles. The average Bonchev–Trinajstić information content (AvgIpc) is 3.12. The molecule has 2 unspecified atom stereocenters. The maximum absolute atomic E-state index is 11.6. The zero-order valence-electron chi connectivity index (χ0n) is 14.5. The summed E-state index contributed by atoms with van der Waals surface area (Å²) in [4.78, 5) is 11.6. The van der Waals surface area contributed by atoms with E-state index in [4.69, 9.17) is 5.14 Å². The van der Waals surface area contributed by atoms with Crippen molar-refractivity contribution in [2.45, 2.75) is 17.7 Å². The number of aliphatic carboxylic acids is 1. The van der Waals surface area contributed by atoms with E-state index in [2.05, 4.69) is 10.2 Å². The molecule has 27 heavy (non-hydrogen) atoms. The maximum atomic E-state index is 11.6. The predicted octanol–water partition coefficient (Wildman–Crippen LogP) is 2.58. The van der Waals surface area contributed by atoms with Crippen LogP contribution in [-0.2, 0) is 14.8 Å². The molecule has 0 saturated carbocycles. The molecule has 0 aliphatic rings. The number of primary sulfonamides is 1. The normalized spacial score (nSPS) is 13.9. The van der Waals surface area contributed by atoms with Crippen LogP contribution in [-0.4, -0.2) is 29.7 Å². The van der Waals surface area contributed by atoms with Gasteiger partial charge in [-0.1, -0.05) is 49.4 Å². The number of carboxylic acids is 1. The van der Waals surface area contributed by atoms with Gasteiger partial charge in [-0.2, -0.15) is 5.10 Å². The number of sulfonamides is 1. The van der Waals surface area contributed by atoms with Crippen LogP contribution in [0.1, 0.15) is 24.1 Å².